The van der Waals surface area contributed by atoms with E-state index >= 15 is 0 Å². The maximum absolute atomic E-state index is 12.3. The van der Waals surface area contributed by atoms with Crippen molar-refractivity contribution in [3.05, 3.63) is 29.3 Å². The lowest BCUT2D eigenvalue weighted by atomic mass is 9.55. The molecular weight excluding hydrogens is 264 g/mol. The Morgan fingerprint density at radius 3 is 2.90 bits per heavy atom. The largest absolute Gasteiger partial charge is 0.508 e. The van der Waals surface area contributed by atoms with E-state index in [9.17, 15) is 15.0 Å². The van der Waals surface area contributed by atoms with Crippen LogP contribution >= 0.6 is 0 Å². The number of phenolic OH excluding ortho intramolecular Hbond substituents is 1. The molecular formula is C18H22O3. The zero-order valence-electron chi connectivity index (χ0n) is 12.4. The fourth-order valence-electron chi connectivity index (χ4n) is 5.36. The third-order valence-electron chi connectivity index (χ3n) is 6.44. The molecule has 3 aliphatic rings. The molecule has 0 spiro atoms. The fraction of sp³-hybridized carbons (Fsp3) is 0.611. The van der Waals surface area contributed by atoms with Crippen molar-refractivity contribution in [3.8, 4) is 5.75 Å². The number of carbonyl (C=O) groups excluding carboxylic acids is 1. The van der Waals surface area contributed by atoms with Gasteiger partial charge in [0.05, 0.1) is 0 Å². The molecule has 0 amide bonds. The van der Waals surface area contributed by atoms with E-state index < -0.39 is 6.10 Å². The van der Waals surface area contributed by atoms with E-state index in [0.717, 1.165) is 25.7 Å². The summed E-state index contributed by atoms with van der Waals surface area (Å²) < 4.78 is 0. The Hall–Kier alpha value is -1.35. The van der Waals surface area contributed by atoms with Crippen LogP contribution in [-0.4, -0.2) is 22.1 Å². The lowest BCUT2D eigenvalue weighted by molar-refractivity contribution is -0.134. The van der Waals surface area contributed by atoms with Gasteiger partial charge in [-0.05, 0) is 73.1 Å². The molecule has 0 bridgehead atoms. The van der Waals surface area contributed by atoms with Crippen LogP contribution in [0.15, 0.2) is 18.2 Å². The topological polar surface area (TPSA) is 57.5 Å². The molecule has 0 radical (unpaired) electrons. The lowest BCUT2D eigenvalue weighted by Crippen LogP contribution is -2.42. The molecule has 112 valence electrons. The highest BCUT2D eigenvalue weighted by Crippen LogP contribution is 2.59. The van der Waals surface area contributed by atoms with Crippen LogP contribution in [0.4, 0.5) is 0 Å². The zero-order valence-corrected chi connectivity index (χ0v) is 12.4. The number of aliphatic hydroxyl groups is 1. The average Bonchev–Trinajstić information content (AvgIpc) is 2.70. The highest BCUT2D eigenvalue weighted by atomic mass is 16.3. The fourth-order valence-corrected chi connectivity index (χ4v) is 5.36. The molecule has 1 aromatic carbocycles. The number of hydrogen-bond donors (Lipinski definition) is 2. The predicted molar refractivity (Wildman–Crippen MR) is 79.1 cm³/mol. The van der Waals surface area contributed by atoms with E-state index in [1.807, 2.05) is 6.07 Å². The van der Waals surface area contributed by atoms with Crippen molar-refractivity contribution in [2.75, 3.05) is 0 Å². The molecule has 3 nitrogen and oxygen atoms in total. The molecule has 2 N–H and O–H groups in total. The molecule has 0 aromatic heterocycles. The third kappa shape index (κ3) is 1.73. The summed E-state index contributed by atoms with van der Waals surface area (Å²) in [7, 11) is 0. The van der Waals surface area contributed by atoms with Gasteiger partial charge in [0.2, 0.25) is 0 Å². The van der Waals surface area contributed by atoms with Crippen LogP contribution in [-0.2, 0) is 11.2 Å². The number of phenols is 1. The quantitative estimate of drug-likeness (QED) is 0.771. The van der Waals surface area contributed by atoms with Crippen molar-refractivity contribution in [1.29, 1.82) is 0 Å². The summed E-state index contributed by atoms with van der Waals surface area (Å²) >= 11 is 0. The molecule has 5 atom stereocenters. The number of Topliss-reactive ketones (excluding diaryl/α,β-unsaturated/α-hetero) is 1. The molecule has 1 aromatic rings. The Balaban J connectivity index is 1.73. The first kappa shape index (κ1) is 13.3. The number of aryl methyl sites for hydroxylation is 1. The van der Waals surface area contributed by atoms with Crippen molar-refractivity contribution in [3.63, 3.8) is 0 Å². The van der Waals surface area contributed by atoms with Crippen LogP contribution in [0, 0.1) is 17.3 Å². The molecule has 4 rings (SSSR count). The van der Waals surface area contributed by atoms with Gasteiger partial charge in [-0.3, -0.25) is 4.79 Å². The second kappa shape index (κ2) is 4.33. The molecule has 0 aliphatic heterocycles. The number of hydrogen-bond acceptors (Lipinski definition) is 3. The predicted octanol–water partition coefficient (Wildman–Crippen LogP) is 2.79. The Labute approximate surface area is 125 Å². The van der Waals surface area contributed by atoms with E-state index in [1.54, 1.807) is 6.07 Å². The Morgan fingerprint density at radius 1 is 1.29 bits per heavy atom. The summed E-state index contributed by atoms with van der Waals surface area (Å²) in [6.07, 6.45) is 3.84. The molecule has 2 fully saturated rings. The smallest absolute Gasteiger partial charge is 0.167 e. The maximum Gasteiger partial charge on any atom is 0.167 e. The van der Waals surface area contributed by atoms with E-state index in [0.29, 0.717) is 29.9 Å². The van der Waals surface area contributed by atoms with Gasteiger partial charge in [-0.25, -0.2) is 0 Å². The van der Waals surface area contributed by atoms with Crippen molar-refractivity contribution in [1.82, 2.24) is 0 Å². The number of ketones is 1. The van der Waals surface area contributed by atoms with Gasteiger partial charge in [0.15, 0.2) is 5.78 Å². The summed E-state index contributed by atoms with van der Waals surface area (Å²) in [5.41, 5.74) is 2.32. The number of aromatic hydroxyl groups is 1. The van der Waals surface area contributed by atoms with Crippen LogP contribution < -0.4 is 0 Å². The minimum absolute atomic E-state index is 0.0717. The van der Waals surface area contributed by atoms with Gasteiger partial charge >= 0.3 is 0 Å². The molecule has 0 heterocycles. The lowest BCUT2D eigenvalue weighted by Gasteiger charge is -2.48. The number of benzene rings is 1. The molecule has 3 heteroatoms. The van der Waals surface area contributed by atoms with Crippen LogP contribution in [0.3, 0.4) is 0 Å². The standard InChI is InChI=1S/C18H22O3/c1-18-7-6-13-12-5-3-11(19)8-10(12)2-4-14(13)15(18)9-16(20)17(18)21/h3,5,8,13-16,19-20H,2,4,6-7,9H2,1H3/t13-,14+,15+,16+,18+/m1/s1. The Morgan fingerprint density at radius 2 is 2.10 bits per heavy atom. The van der Waals surface area contributed by atoms with Gasteiger partial charge in [0.1, 0.15) is 11.9 Å². The van der Waals surface area contributed by atoms with E-state index in [1.165, 1.54) is 11.1 Å². The zero-order chi connectivity index (χ0) is 14.8. The number of aliphatic hydroxyl groups excluding tert-OH is 1. The SMILES string of the molecule is C[C@]12CC[C@@H]3c4ccc(O)cc4CC[C@@H]3[C@@H]1C[C@H](O)C2=O. The van der Waals surface area contributed by atoms with Gasteiger partial charge in [0, 0.05) is 5.41 Å². The first-order valence-corrected chi connectivity index (χ1v) is 8.05. The minimum Gasteiger partial charge on any atom is -0.508 e. The second-order valence-electron chi connectivity index (χ2n) is 7.37. The number of rotatable bonds is 0. The maximum atomic E-state index is 12.3. The van der Waals surface area contributed by atoms with Gasteiger partial charge in [-0.2, -0.15) is 0 Å². The van der Waals surface area contributed by atoms with Crippen LogP contribution in [0.1, 0.15) is 49.7 Å². The van der Waals surface area contributed by atoms with E-state index in [4.69, 9.17) is 0 Å². The van der Waals surface area contributed by atoms with E-state index in [-0.39, 0.29) is 11.2 Å². The minimum atomic E-state index is -0.750. The van der Waals surface area contributed by atoms with Crippen molar-refractivity contribution >= 4 is 5.78 Å². The van der Waals surface area contributed by atoms with Crippen LogP contribution in [0.5, 0.6) is 5.75 Å². The molecule has 3 aliphatic carbocycles. The normalized spacial score (nSPS) is 41.3. The average molecular weight is 286 g/mol. The second-order valence-corrected chi connectivity index (χ2v) is 7.37. The highest BCUT2D eigenvalue weighted by molar-refractivity contribution is 5.91. The van der Waals surface area contributed by atoms with Gasteiger partial charge in [-0.15, -0.1) is 0 Å². The molecule has 2 saturated carbocycles. The summed E-state index contributed by atoms with van der Waals surface area (Å²) in [5.74, 6) is 1.73. The van der Waals surface area contributed by atoms with Crippen molar-refractivity contribution < 1.29 is 15.0 Å². The van der Waals surface area contributed by atoms with Gasteiger partial charge in [0.25, 0.3) is 0 Å². The van der Waals surface area contributed by atoms with Crippen molar-refractivity contribution in [2.24, 2.45) is 17.3 Å². The molecule has 0 saturated heterocycles. The molecule has 0 unspecified atom stereocenters. The van der Waals surface area contributed by atoms with Crippen LogP contribution in [0.25, 0.3) is 0 Å². The first-order valence-electron chi connectivity index (χ1n) is 8.05. The summed E-state index contributed by atoms with van der Waals surface area (Å²) in [6.45, 7) is 2.07. The highest BCUT2D eigenvalue weighted by Gasteiger charge is 2.57. The van der Waals surface area contributed by atoms with Crippen LogP contribution in [0.2, 0.25) is 0 Å². The van der Waals surface area contributed by atoms with Gasteiger partial charge in [-0.1, -0.05) is 13.0 Å². The molecule has 21 heavy (non-hydrogen) atoms. The monoisotopic (exact) mass is 286 g/mol. The Kier molecular flexibility index (Phi) is 2.74. The van der Waals surface area contributed by atoms with Crippen molar-refractivity contribution in [2.45, 2.75) is 51.0 Å². The summed E-state index contributed by atoms with van der Waals surface area (Å²) in [6, 6.07) is 5.75. The first-order chi connectivity index (χ1) is 10.0. The summed E-state index contributed by atoms with van der Waals surface area (Å²) in [5, 5.41) is 19.7. The van der Waals surface area contributed by atoms with Gasteiger partial charge < -0.3 is 10.2 Å². The number of fused-ring (bicyclic) bond motifs is 5. The third-order valence-corrected chi connectivity index (χ3v) is 6.44. The Bertz CT molecular complexity index is 608. The van der Waals surface area contributed by atoms with E-state index in [2.05, 4.69) is 13.0 Å². The number of carbonyl (C=O) groups is 1. The summed E-state index contributed by atoms with van der Waals surface area (Å²) in [4.78, 5) is 12.3.